The molecule has 1 heterocycles. The van der Waals surface area contributed by atoms with Gasteiger partial charge >= 0.3 is 0 Å². The number of aryl methyl sites for hydroxylation is 2. The van der Waals surface area contributed by atoms with Gasteiger partial charge in [-0.3, -0.25) is 0 Å². The highest BCUT2D eigenvalue weighted by Gasteiger charge is 2.06. The summed E-state index contributed by atoms with van der Waals surface area (Å²) in [6, 6.07) is 12.4. The zero-order valence-electron chi connectivity index (χ0n) is 16.3. The van der Waals surface area contributed by atoms with Gasteiger partial charge in [0.2, 0.25) is 5.89 Å². The van der Waals surface area contributed by atoms with Crippen LogP contribution >= 0.6 is 0 Å². The van der Waals surface area contributed by atoms with Gasteiger partial charge in [0.25, 0.3) is 0 Å². The number of fused-ring (bicyclic) bond motifs is 1. The van der Waals surface area contributed by atoms with E-state index in [9.17, 15) is 0 Å². The molecule has 0 saturated heterocycles. The largest absolute Gasteiger partial charge is 0.497 e. The Kier molecular flexibility index (Phi) is 5.96. The van der Waals surface area contributed by atoms with Crippen molar-refractivity contribution in [3.05, 3.63) is 59.3 Å². The average molecular weight is 366 g/mol. The molecule has 0 bridgehead atoms. The predicted octanol–water partition coefficient (Wildman–Crippen LogP) is 3.71. The maximum Gasteiger partial charge on any atom is 0.214 e. The number of aromatic nitrogens is 1. The molecule has 0 atom stereocenters. The van der Waals surface area contributed by atoms with Crippen LogP contribution in [0.3, 0.4) is 0 Å². The van der Waals surface area contributed by atoms with Crippen molar-refractivity contribution in [1.29, 1.82) is 0 Å². The van der Waals surface area contributed by atoms with E-state index in [1.807, 2.05) is 32.9 Å². The van der Waals surface area contributed by atoms with Crippen LogP contribution in [0, 0.1) is 13.8 Å². The number of rotatable bonds is 6. The van der Waals surface area contributed by atoms with Crippen LogP contribution in [-0.4, -0.2) is 24.6 Å². The number of oxazole rings is 1. The van der Waals surface area contributed by atoms with Gasteiger partial charge in [-0.1, -0.05) is 18.2 Å². The van der Waals surface area contributed by atoms with Gasteiger partial charge in [-0.25, -0.2) is 9.98 Å². The summed E-state index contributed by atoms with van der Waals surface area (Å²) in [7, 11) is 1.68. The Labute approximate surface area is 159 Å². The van der Waals surface area contributed by atoms with Crippen LogP contribution in [0.2, 0.25) is 0 Å². The topological polar surface area (TPSA) is 71.7 Å². The van der Waals surface area contributed by atoms with Gasteiger partial charge in [0.15, 0.2) is 5.96 Å². The van der Waals surface area contributed by atoms with Crippen LogP contribution in [0.25, 0.3) is 10.8 Å². The summed E-state index contributed by atoms with van der Waals surface area (Å²) < 4.78 is 10.9. The van der Waals surface area contributed by atoms with Crippen LogP contribution in [-0.2, 0) is 13.1 Å². The van der Waals surface area contributed by atoms with E-state index < -0.39 is 0 Å². The van der Waals surface area contributed by atoms with E-state index in [0.29, 0.717) is 19.0 Å². The Morgan fingerprint density at radius 3 is 2.59 bits per heavy atom. The summed E-state index contributed by atoms with van der Waals surface area (Å²) in [5.41, 5.74) is 2.06. The summed E-state index contributed by atoms with van der Waals surface area (Å²) in [5, 5.41) is 8.84. The van der Waals surface area contributed by atoms with Crippen molar-refractivity contribution in [2.24, 2.45) is 4.99 Å². The molecule has 0 amide bonds. The molecule has 0 saturated carbocycles. The Bertz CT molecular complexity index is 927. The molecule has 3 aromatic rings. The number of ether oxygens (including phenoxy) is 1. The fraction of sp³-hybridized carbons (Fsp3) is 0.333. The summed E-state index contributed by atoms with van der Waals surface area (Å²) in [6.07, 6.45) is 0. The first-order valence-corrected chi connectivity index (χ1v) is 9.11. The van der Waals surface area contributed by atoms with E-state index in [1.165, 1.54) is 5.39 Å². The second kappa shape index (κ2) is 8.58. The van der Waals surface area contributed by atoms with Crippen molar-refractivity contribution in [3.63, 3.8) is 0 Å². The normalized spacial score (nSPS) is 11.6. The SMILES string of the molecule is CCNC(=NCc1ccc2cc(OC)ccc2c1)NCc1nc(C)c(C)o1. The fourth-order valence-corrected chi connectivity index (χ4v) is 2.78. The lowest BCUT2D eigenvalue weighted by molar-refractivity contribution is 0.415. The van der Waals surface area contributed by atoms with Gasteiger partial charge in [0, 0.05) is 6.54 Å². The average Bonchev–Trinajstić information content (AvgIpc) is 3.01. The van der Waals surface area contributed by atoms with Gasteiger partial charge in [-0.15, -0.1) is 0 Å². The van der Waals surface area contributed by atoms with Crippen molar-refractivity contribution in [1.82, 2.24) is 15.6 Å². The second-order valence-corrected chi connectivity index (χ2v) is 6.35. The van der Waals surface area contributed by atoms with Crippen LogP contribution in [0.15, 0.2) is 45.8 Å². The van der Waals surface area contributed by atoms with Crippen LogP contribution in [0.5, 0.6) is 5.75 Å². The molecule has 0 spiro atoms. The monoisotopic (exact) mass is 366 g/mol. The Hall–Kier alpha value is -3.02. The smallest absolute Gasteiger partial charge is 0.214 e. The Morgan fingerprint density at radius 1 is 1.11 bits per heavy atom. The molecule has 0 aliphatic rings. The Balaban J connectivity index is 1.69. The molecule has 0 unspecified atom stereocenters. The molecular weight excluding hydrogens is 340 g/mol. The molecule has 6 nitrogen and oxygen atoms in total. The highest BCUT2D eigenvalue weighted by Crippen LogP contribution is 2.22. The molecule has 0 aliphatic carbocycles. The lowest BCUT2D eigenvalue weighted by atomic mass is 10.1. The van der Waals surface area contributed by atoms with Crippen molar-refractivity contribution in [2.75, 3.05) is 13.7 Å². The highest BCUT2D eigenvalue weighted by atomic mass is 16.5. The first-order valence-electron chi connectivity index (χ1n) is 9.11. The van der Waals surface area contributed by atoms with Crippen LogP contribution in [0.4, 0.5) is 0 Å². The molecule has 6 heteroatoms. The number of aliphatic imine (C=N–C) groups is 1. The molecule has 142 valence electrons. The highest BCUT2D eigenvalue weighted by molar-refractivity contribution is 5.84. The molecular formula is C21H26N4O2. The van der Waals surface area contributed by atoms with Gasteiger partial charge in [0.1, 0.15) is 11.5 Å². The van der Waals surface area contributed by atoms with E-state index >= 15 is 0 Å². The second-order valence-electron chi connectivity index (χ2n) is 6.35. The number of methoxy groups -OCH3 is 1. The minimum Gasteiger partial charge on any atom is -0.497 e. The zero-order chi connectivity index (χ0) is 19.2. The summed E-state index contributed by atoms with van der Waals surface area (Å²) in [5.74, 6) is 3.11. The lowest BCUT2D eigenvalue weighted by Gasteiger charge is -2.10. The molecule has 2 aromatic carbocycles. The maximum absolute atomic E-state index is 5.61. The fourth-order valence-electron chi connectivity index (χ4n) is 2.78. The summed E-state index contributed by atoms with van der Waals surface area (Å²) in [4.78, 5) is 9.06. The molecule has 0 radical (unpaired) electrons. The first-order chi connectivity index (χ1) is 13.1. The zero-order valence-corrected chi connectivity index (χ0v) is 16.3. The first kappa shape index (κ1) is 18.8. The number of nitrogens with zero attached hydrogens (tertiary/aromatic N) is 2. The van der Waals surface area contributed by atoms with Crippen molar-refractivity contribution >= 4 is 16.7 Å². The minimum atomic E-state index is 0.498. The van der Waals surface area contributed by atoms with E-state index in [1.54, 1.807) is 7.11 Å². The van der Waals surface area contributed by atoms with E-state index in [-0.39, 0.29) is 0 Å². The molecule has 1 aromatic heterocycles. The number of guanidine groups is 1. The van der Waals surface area contributed by atoms with Gasteiger partial charge in [-0.2, -0.15) is 0 Å². The number of nitrogens with one attached hydrogen (secondary N) is 2. The maximum atomic E-state index is 5.61. The van der Waals surface area contributed by atoms with Gasteiger partial charge in [-0.05, 0) is 55.3 Å². The van der Waals surface area contributed by atoms with Crippen LogP contribution in [0.1, 0.15) is 29.8 Å². The van der Waals surface area contributed by atoms with Gasteiger partial charge in [0.05, 0.1) is 25.9 Å². The predicted molar refractivity (Wildman–Crippen MR) is 108 cm³/mol. The number of benzene rings is 2. The molecule has 2 N–H and O–H groups in total. The number of hydrogen-bond acceptors (Lipinski definition) is 4. The summed E-state index contributed by atoms with van der Waals surface area (Å²) in [6.45, 7) is 7.77. The quantitative estimate of drug-likeness (QED) is 0.514. The van der Waals surface area contributed by atoms with Crippen molar-refractivity contribution in [3.8, 4) is 5.75 Å². The third-order valence-electron chi connectivity index (χ3n) is 4.36. The molecule has 27 heavy (non-hydrogen) atoms. The third-order valence-corrected chi connectivity index (χ3v) is 4.36. The van der Waals surface area contributed by atoms with Crippen LogP contribution < -0.4 is 15.4 Å². The van der Waals surface area contributed by atoms with E-state index in [0.717, 1.165) is 40.7 Å². The third kappa shape index (κ3) is 4.78. The molecule has 0 fully saturated rings. The molecule has 3 rings (SSSR count). The number of hydrogen-bond donors (Lipinski definition) is 2. The van der Waals surface area contributed by atoms with Crippen molar-refractivity contribution in [2.45, 2.75) is 33.9 Å². The van der Waals surface area contributed by atoms with Gasteiger partial charge < -0.3 is 19.8 Å². The molecule has 0 aliphatic heterocycles. The summed E-state index contributed by atoms with van der Waals surface area (Å²) >= 11 is 0. The standard InChI is InChI=1S/C21H26N4O2/c1-5-22-21(24-13-20-25-14(2)15(3)27-20)23-12-16-6-7-18-11-19(26-4)9-8-17(18)10-16/h6-11H,5,12-13H2,1-4H3,(H2,22,23,24). The Morgan fingerprint density at radius 2 is 1.89 bits per heavy atom. The van der Waals surface area contributed by atoms with E-state index in [2.05, 4.69) is 44.9 Å². The van der Waals surface area contributed by atoms with E-state index in [4.69, 9.17) is 9.15 Å². The van der Waals surface area contributed by atoms with Crippen molar-refractivity contribution < 1.29 is 9.15 Å². The lowest BCUT2D eigenvalue weighted by Crippen LogP contribution is -2.36. The minimum absolute atomic E-state index is 0.498.